The predicted octanol–water partition coefficient (Wildman–Crippen LogP) is 2.50. The van der Waals surface area contributed by atoms with Crippen LogP contribution in [0, 0.1) is 0 Å². The lowest BCUT2D eigenvalue weighted by Crippen LogP contribution is -2.39. The molecule has 178 valence electrons. The quantitative estimate of drug-likeness (QED) is 0.349. The fourth-order valence-electron chi connectivity index (χ4n) is 3.67. The fourth-order valence-corrected chi connectivity index (χ4v) is 5.53. The molecule has 0 aliphatic carbocycles. The maximum atomic E-state index is 13.6. The molecule has 1 aliphatic rings. The molecule has 0 fully saturated rings. The van der Waals surface area contributed by atoms with Gasteiger partial charge in [0.05, 0.1) is 36.6 Å². The lowest BCUT2D eigenvalue weighted by Gasteiger charge is -2.23. The Labute approximate surface area is 204 Å². The van der Waals surface area contributed by atoms with Crippen molar-refractivity contribution in [2.45, 2.75) is 13.0 Å². The van der Waals surface area contributed by atoms with E-state index in [-0.39, 0.29) is 18.8 Å². The second-order valence-electron chi connectivity index (χ2n) is 7.33. The van der Waals surface area contributed by atoms with Crippen molar-refractivity contribution in [3.8, 4) is 11.5 Å². The summed E-state index contributed by atoms with van der Waals surface area (Å²) < 4.78 is 23.2. The van der Waals surface area contributed by atoms with Crippen molar-refractivity contribution in [1.29, 1.82) is 0 Å². The Bertz CT molecular complexity index is 1400. The molecule has 0 radical (unpaired) electrons. The van der Waals surface area contributed by atoms with Crippen LogP contribution in [0.2, 0.25) is 0 Å². The number of carbonyl (C=O) groups excluding carboxylic acids is 1. The molecule has 3 aromatic rings. The topological polar surface area (TPSA) is 88.4 Å². The van der Waals surface area contributed by atoms with Gasteiger partial charge in [-0.25, -0.2) is 9.79 Å². The first-order valence-electron chi connectivity index (χ1n) is 10.4. The maximum Gasteiger partial charge on any atom is 0.338 e. The van der Waals surface area contributed by atoms with Crippen LogP contribution in [0.4, 0.5) is 0 Å². The first-order valence-corrected chi connectivity index (χ1v) is 12.1. The van der Waals surface area contributed by atoms with Crippen molar-refractivity contribution in [3.05, 3.63) is 77.1 Å². The van der Waals surface area contributed by atoms with Gasteiger partial charge in [-0.05, 0) is 36.6 Å². The molecular weight excluding hydrogens is 476 g/mol. The Morgan fingerprint density at radius 3 is 2.68 bits per heavy atom. The van der Waals surface area contributed by atoms with E-state index in [0.29, 0.717) is 32.1 Å². The van der Waals surface area contributed by atoms with E-state index >= 15 is 0 Å². The summed E-state index contributed by atoms with van der Waals surface area (Å²) in [6.45, 7) is 2.16. The molecule has 8 nitrogen and oxygen atoms in total. The molecule has 1 aliphatic heterocycles. The summed E-state index contributed by atoms with van der Waals surface area (Å²) in [6, 6.07) is 8.57. The number of esters is 1. The summed E-state index contributed by atoms with van der Waals surface area (Å²) in [5, 5.41) is 1.91. The molecule has 0 amide bonds. The number of carbonyl (C=O) groups is 1. The van der Waals surface area contributed by atoms with Gasteiger partial charge in [-0.15, -0.1) is 11.3 Å². The second-order valence-corrected chi connectivity index (χ2v) is 9.32. The van der Waals surface area contributed by atoms with E-state index in [0.717, 1.165) is 10.4 Å². The average molecular weight is 501 g/mol. The molecule has 0 saturated carbocycles. The van der Waals surface area contributed by atoms with E-state index in [1.807, 2.05) is 23.6 Å². The number of hydrogen-bond donors (Lipinski definition) is 0. The van der Waals surface area contributed by atoms with Gasteiger partial charge < -0.3 is 18.9 Å². The smallest absolute Gasteiger partial charge is 0.338 e. The summed E-state index contributed by atoms with van der Waals surface area (Å²) in [7, 11) is 4.68. The summed E-state index contributed by atoms with van der Waals surface area (Å²) in [5.74, 6) is 0.724. The van der Waals surface area contributed by atoms with Crippen molar-refractivity contribution < 1.29 is 23.7 Å². The van der Waals surface area contributed by atoms with Crippen LogP contribution in [0.25, 0.3) is 6.08 Å². The van der Waals surface area contributed by atoms with Crippen molar-refractivity contribution in [1.82, 2.24) is 4.57 Å². The van der Waals surface area contributed by atoms with E-state index < -0.39 is 12.0 Å². The zero-order chi connectivity index (χ0) is 24.2. The minimum Gasteiger partial charge on any atom is -0.497 e. The highest BCUT2D eigenvalue weighted by Crippen LogP contribution is 2.33. The number of thiophene rings is 1. The van der Waals surface area contributed by atoms with E-state index in [9.17, 15) is 9.59 Å². The molecule has 1 aromatic carbocycles. The molecule has 0 spiro atoms. The summed E-state index contributed by atoms with van der Waals surface area (Å²) >= 11 is 2.73. The number of aromatic nitrogens is 1. The van der Waals surface area contributed by atoms with Crippen molar-refractivity contribution in [2.75, 3.05) is 34.5 Å². The number of ether oxygens (including phenoxy) is 4. The van der Waals surface area contributed by atoms with E-state index in [1.165, 1.54) is 29.8 Å². The van der Waals surface area contributed by atoms with Crippen LogP contribution in [-0.4, -0.2) is 45.1 Å². The summed E-state index contributed by atoms with van der Waals surface area (Å²) in [4.78, 5) is 32.6. The SMILES string of the molecule is COCCOC(=O)C1=C(C)N=c2s/c(=C/c3ccc(OC)cc3OC)c(=O)n2[C@@H]1c1cccs1. The Morgan fingerprint density at radius 2 is 2.00 bits per heavy atom. The third kappa shape index (κ3) is 4.56. The Balaban J connectivity index is 1.85. The molecule has 10 heteroatoms. The molecule has 0 N–H and O–H groups in total. The number of allylic oxidation sites excluding steroid dienone is 1. The molecule has 0 bridgehead atoms. The first kappa shape index (κ1) is 23.9. The lowest BCUT2D eigenvalue weighted by molar-refractivity contribution is -0.140. The molecule has 34 heavy (non-hydrogen) atoms. The average Bonchev–Trinajstić information content (AvgIpc) is 3.47. The number of fused-ring (bicyclic) bond motifs is 1. The van der Waals surface area contributed by atoms with Gasteiger partial charge in [-0.3, -0.25) is 9.36 Å². The van der Waals surface area contributed by atoms with E-state index in [1.54, 1.807) is 43.9 Å². The van der Waals surface area contributed by atoms with E-state index in [4.69, 9.17) is 18.9 Å². The van der Waals surface area contributed by atoms with Gasteiger partial charge in [0.25, 0.3) is 5.56 Å². The highest BCUT2D eigenvalue weighted by molar-refractivity contribution is 7.10. The number of methoxy groups -OCH3 is 3. The zero-order valence-electron chi connectivity index (χ0n) is 19.2. The fraction of sp³-hybridized carbons (Fsp3) is 0.292. The highest BCUT2D eigenvalue weighted by Gasteiger charge is 2.34. The Kier molecular flexibility index (Phi) is 7.30. The van der Waals surface area contributed by atoms with Crippen LogP contribution in [0.5, 0.6) is 11.5 Å². The second kappa shape index (κ2) is 10.4. The minimum absolute atomic E-state index is 0.116. The lowest BCUT2D eigenvalue weighted by atomic mass is 10.0. The van der Waals surface area contributed by atoms with Gasteiger partial charge >= 0.3 is 5.97 Å². The molecule has 1 atom stereocenters. The van der Waals surface area contributed by atoms with Crippen LogP contribution < -0.4 is 24.4 Å². The number of benzene rings is 1. The standard InChI is InChI=1S/C24H24N2O6S2/c1-14-20(23(28)32-10-9-29-2)21(18-6-5-11-33-18)26-22(27)19(34-24(26)25-14)12-15-7-8-16(30-3)13-17(15)31-4/h5-8,11-13,21H,9-10H2,1-4H3/b19-12+/t21-/m1/s1. The first-order chi connectivity index (χ1) is 16.5. The molecule has 0 unspecified atom stereocenters. The zero-order valence-corrected chi connectivity index (χ0v) is 20.8. The predicted molar refractivity (Wildman–Crippen MR) is 130 cm³/mol. The van der Waals surface area contributed by atoms with Gasteiger partial charge in [-0.1, -0.05) is 17.4 Å². The van der Waals surface area contributed by atoms with E-state index in [2.05, 4.69) is 4.99 Å². The maximum absolute atomic E-state index is 13.6. The van der Waals surface area contributed by atoms with Crippen molar-refractivity contribution >= 4 is 34.7 Å². The summed E-state index contributed by atoms with van der Waals surface area (Å²) in [5.41, 5.74) is 1.36. The van der Waals surface area contributed by atoms with Crippen LogP contribution in [-0.2, 0) is 14.3 Å². The Hall–Kier alpha value is -3.21. The largest absolute Gasteiger partial charge is 0.497 e. The third-order valence-corrected chi connectivity index (χ3v) is 7.21. The van der Waals surface area contributed by atoms with Crippen LogP contribution >= 0.6 is 22.7 Å². The van der Waals surface area contributed by atoms with Crippen molar-refractivity contribution in [3.63, 3.8) is 0 Å². The minimum atomic E-state index is -0.619. The van der Waals surface area contributed by atoms with Gasteiger partial charge in [0.1, 0.15) is 24.1 Å². The monoisotopic (exact) mass is 500 g/mol. The molecule has 2 aromatic heterocycles. The molecule has 4 rings (SSSR count). The van der Waals surface area contributed by atoms with Crippen LogP contribution in [0.3, 0.4) is 0 Å². The molecular formula is C24H24N2O6S2. The Morgan fingerprint density at radius 1 is 1.18 bits per heavy atom. The number of nitrogens with zero attached hydrogens (tertiary/aromatic N) is 2. The van der Waals surface area contributed by atoms with Crippen molar-refractivity contribution in [2.24, 2.45) is 4.99 Å². The highest BCUT2D eigenvalue weighted by atomic mass is 32.1. The summed E-state index contributed by atoms with van der Waals surface area (Å²) in [6.07, 6.45) is 1.77. The van der Waals surface area contributed by atoms with Gasteiger partial charge in [-0.2, -0.15) is 0 Å². The molecule has 3 heterocycles. The van der Waals surface area contributed by atoms with Gasteiger partial charge in [0.15, 0.2) is 4.80 Å². The van der Waals surface area contributed by atoms with Gasteiger partial charge in [0, 0.05) is 23.6 Å². The number of thiazole rings is 1. The third-order valence-electron chi connectivity index (χ3n) is 5.30. The van der Waals surface area contributed by atoms with Gasteiger partial charge in [0.2, 0.25) is 0 Å². The molecule has 0 saturated heterocycles. The number of rotatable bonds is 8. The number of hydrogen-bond acceptors (Lipinski definition) is 9. The normalized spacial score (nSPS) is 15.6. The van der Waals surface area contributed by atoms with Crippen LogP contribution in [0.15, 0.2) is 56.8 Å². The van der Waals surface area contributed by atoms with Crippen LogP contribution in [0.1, 0.15) is 23.4 Å².